The lowest BCUT2D eigenvalue weighted by Crippen LogP contribution is -2.35. The molecule has 0 aliphatic carbocycles. The van der Waals surface area contributed by atoms with Crippen molar-refractivity contribution in [3.05, 3.63) is 65.7 Å². The van der Waals surface area contributed by atoms with E-state index in [9.17, 15) is 0 Å². The number of benzene rings is 2. The molecule has 0 aliphatic heterocycles. The van der Waals surface area contributed by atoms with Crippen molar-refractivity contribution in [2.75, 3.05) is 5.32 Å². The first-order valence-corrected chi connectivity index (χ1v) is 7.67. The predicted octanol–water partition coefficient (Wildman–Crippen LogP) is 4.68. The average Bonchev–Trinajstić information content (AvgIpc) is 2.48. The number of thiocarbonyl (C=S) groups is 1. The molecule has 0 radical (unpaired) electrons. The monoisotopic (exact) mass is 298 g/mol. The summed E-state index contributed by atoms with van der Waals surface area (Å²) in [6.07, 6.45) is 0. The summed E-state index contributed by atoms with van der Waals surface area (Å²) in [5.41, 5.74) is 3.48. The number of aryl methyl sites for hydroxylation is 1. The molecule has 1 atom stereocenters. The van der Waals surface area contributed by atoms with E-state index < -0.39 is 0 Å². The molecule has 3 heteroatoms. The Hall–Kier alpha value is -1.87. The van der Waals surface area contributed by atoms with Gasteiger partial charge in [-0.3, -0.25) is 0 Å². The lowest BCUT2D eigenvalue weighted by Gasteiger charge is -2.25. The highest BCUT2D eigenvalue weighted by Gasteiger charge is 2.16. The molecule has 0 aliphatic rings. The van der Waals surface area contributed by atoms with E-state index in [1.54, 1.807) is 0 Å². The van der Waals surface area contributed by atoms with Crippen LogP contribution in [0.4, 0.5) is 5.69 Å². The van der Waals surface area contributed by atoms with Crippen LogP contribution in [0.25, 0.3) is 0 Å². The van der Waals surface area contributed by atoms with Crippen LogP contribution in [0.5, 0.6) is 0 Å². The van der Waals surface area contributed by atoms with Crippen LogP contribution >= 0.6 is 12.2 Å². The fourth-order valence-corrected chi connectivity index (χ4v) is 2.54. The first-order chi connectivity index (χ1) is 10.1. The van der Waals surface area contributed by atoms with Crippen LogP contribution in [-0.2, 0) is 0 Å². The number of para-hydroxylation sites is 1. The molecular weight excluding hydrogens is 276 g/mol. The predicted molar refractivity (Wildman–Crippen MR) is 94.6 cm³/mol. The smallest absolute Gasteiger partial charge is 0.171 e. The lowest BCUT2D eigenvalue weighted by molar-refractivity contribution is 0.473. The van der Waals surface area contributed by atoms with Crippen molar-refractivity contribution in [2.45, 2.75) is 26.8 Å². The zero-order valence-corrected chi connectivity index (χ0v) is 13.6. The molecule has 0 amide bonds. The van der Waals surface area contributed by atoms with Gasteiger partial charge in [-0.1, -0.05) is 62.4 Å². The molecule has 2 nitrogen and oxygen atoms in total. The van der Waals surface area contributed by atoms with Gasteiger partial charge in [0, 0.05) is 5.69 Å². The van der Waals surface area contributed by atoms with Crippen molar-refractivity contribution >= 4 is 23.0 Å². The van der Waals surface area contributed by atoms with Gasteiger partial charge in [-0.25, -0.2) is 0 Å². The molecule has 21 heavy (non-hydrogen) atoms. The maximum absolute atomic E-state index is 5.47. The Kier molecular flexibility index (Phi) is 5.34. The Balaban J connectivity index is 2.08. The van der Waals surface area contributed by atoms with E-state index in [4.69, 9.17) is 12.2 Å². The zero-order valence-electron chi connectivity index (χ0n) is 12.8. The minimum Gasteiger partial charge on any atom is -0.355 e. The second-order valence-electron chi connectivity index (χ2n) is 5.55. The van der Waals surface area contributed by atoms with Crippen LogP contribution in [0.15, 0.2) is 54.6 Å². The molecule has 2 N–H and O–H groups in total. The van der Waals surface area contributed by atoms with Gasteiger partial charge in [0.1, 0.15) is 0 Å². The summed E-state index contributed by atoms with van der Waals surface area (Å²) in [5, 5.41) is 7.37. The van der Waals surface area contributed by atoms with Gasteiger partial charge in [0.25, 0.3) is 0 Å². The number of hydrogen-bond acceptors (Lipinski definition) is 1. The Morgan fingerprint density at radius 2 is 1.57 bits per heavy atom. The van der Waals surface area contributed by atoms with E-state index in [0.717, 1.165) is 5.69 Å². The summed E-state index contributed by atoms with van der Waals surface area (Å²) in [7, 11) is 0. The largest absolute Gasteiger partial charge is 0.355 e. The third-order valence-electron chi connectivity index (χ3n) is 3.51. The number of nitrogens with one attached hydrogen (secondary N) is 2. The van der Waals surface area contributed by atoms with Gasteiger partial charge in [0.2, 0.25) is 0 Å². The molecule has 0 bridgehead atoms. The van der Waals surface area contributed by atoms with Gasteiger partial charge in [0.15, 0.2) is 5.11 Å². The minimum atomic E-state index is 0.204. The molecule has 0 saturated carbocycles. The SMILES string of the molecule is Cc1ccccc1NC(=S)N[C@H](c1ccccc1)C(C)C. The van der Waals surface area contributed by atoms with E-state index in [1.165, 1.54) is 11.1 Å². The summed E-state index contributed by atoms with van der Waals surface area (Å²) in [6.45, 7) is 6.46. The summed E-state index contributed by atoms with van der Waals surface area (Å²) in [6, 6.07) is 18.8. The van der Waals surface area contributed by atoms with Crippen LogP contribution in [0.1, 0.15) is 31.0 Å². The van der Waals surface area contributed by atoms with E-state index in [1.807, 2.05) is 24.3 Å². The van der Waals surface area contributed by atoms with E-state index in [-0.39, 0.29) is 6.04 Å². The molecule has 2 rings (SSSR count). The topological polar surface area (TPSA) is 24.1 Å². The summed E-state index contributed by atoms with van der Waals surface area (Å²) in [5.74, 6) is 0.448. The van der Waals surface area contributed by atoms with Crippen molar-refractivity contribution in [1.82, 2.24) is 5.32 Å². The quantitative estimate of drug-likeness (QED) is 0.802. The number of hydrogen-bond donors (Lipinski definition) is 2. The van der Waals surface area contributed by atoms with Crippen LogP contribution in [-0.4, -0.2) is 5.11 Å². The minimum absolute atomic E-state index is 0.204. The molecule has 0 unspecified atom stereocenters. The first-order valence-electron chi connectivity index (χ1n) is 7.26. The Morgan fingerprint density at radius 1 is 0.952 bits per heavy atom. The van der Waals surface area contributed by atoms with Crippen LogP contribution in [0.2, 0.25) is 0 Å². The molecular formula is C18H22N2S. The third-order valence-corrected chi connectivity index (χ3v) is 3.73. The van der Waals surface area contributed by atoms with Crippen molar-refractivity contribution < 1.29 is 0 Å². The second kappa shape index (κ2) is 7.23. The van der Waals surface area contributed by atoms with E-state index >= 15 is 0 Å². The third kappa shape index (κ3) is 4.30. The number of rotatable bonds is 4. The molecule has 0 spiro atoms. The van der Waals surface area contributed by atoms with Crippen LogP contribution < -0.4 is 10.6 Å². The zero-order chi connectivity index (χ0) is 15.2. The molecule has 2 aromatic carbocycles. The first kappa shape index (κ1) is 15.5. The maximum Gasteiger partial charge on any atom is 0.171 e. The van der Waals surface area contributed by atoms with Crippen LogP contribution in [0, 0.1) is 12.8 Å². The van der Waals surface area contributed by atoms with Gasteiger partial charge < -0.3 is 10.6 Å². The van der Waals surface area contributed by atoms with E-state index in [2.05, 4.69) is 61.7 Å². The summed E-state index contributed by atoms with van der Waals surface area (Å²) >= 11 is 5.47. The number of anilines is 1. The molecule has 2 aromatic rings. The average molecular weight is 298 g/mol. The van der Waals surface area contributed by atoms with Gasteiger partial charge in [-0.15, -0.1) is 0 Å². The highest BCUT2D eigenvalue weighted by atomic mass is 32.1. The van der Waals surface area contributed by atoms with Gasteiger partial charge in [-0.05, 0) is 42.3 Å². The van der Waals surface area contributed by atoms with Crippen molar-refractivity contribution in [3.8, 4) is 0 Å². The molecule has 0 fully saturated rings. The van der Waals surface area contributed by atoms with Gasteiger partial charge in [0.05, 0.1) is 6.04 Å². The highest BCUT2D eigenvalue weighted by Crippen LogP contribution is 2.22. The molecule has 0 heterocycles. The fraction of sp³-hybridized carbons (Fsp3) is 0.278. The Bertz CT molecular complexity index is 593. The molecule has 110 valence electrons. The summed E-state index contributed by atoms with van der Waals surface area (Å²) in [4.78, 5) is 0. The molecule has 0 saturated heterocycles. The Labute approximate surface area is 132 Å². The Morgan fingerprint density at radius 3 is 2.19 bits per heavy atom. The molecule has 0 aromatic heterocycles. The van der Waals surface area contributed by atoms with Crippen molar-refractivity contribution in [2.24, 2.45) is 5.92 Å². The normalized spacial score (nSPS) is 12.0. The van der Waals surface area contributed by atoms with Gasteiger partial charge >= 0.3 is 0 Å². The maximum atomic E-state index is 5.47. The van der Waals surface area contributed by atoms with Crippen molar-refractivity contribution in [1.29, 1.82) is 0 Å². The standard InChI is InChI=1S/C18H22N2S/c1-13(2)17(15-10-5-4-6-11-15)20-18(21)19-16-12-8-7-9-14(16)3/h4-13,17H,1-3H3,(H2,19,20,21)/t17-/m0/s1. The second-order valence-corrected chi connectivity index (χ2v) is 5.95. The van der Waals surface area contributed by atoms with Gasteiger partial charge in [-0.2, -0.15) is 0 Å². The highest BCUT2D eigenvalue weighted by molar-refractivity contribution is 7.80. The summed E-state index contributed by atoms with van der Waals surface area (Å²) < 4.78 is 0. The van der Waals surface area contributed by atoms with Crippen molar-refractivity contribution in [3.63, 3.8) is 0 Å². The lowest BCUT2D eigenvalue weighted by atomic mass is 9.96. The fourth-order valence-electron chi connectivity index (χ4n) is 2.31. The van der Waals surface area contributed by atoms with E-state index in [0.29, 0.717) is 11.0 Å². The van der Waals surface area contributed by atoms with Crippen LogP contribution in [0.3, 0.4) is 0 Å².